The van der Waals surface area contributed by atoms with E-state index in [1.54, 1.807) is 0 Å². The summed E-state index contributed by atoms with van der Waals surface area (Å²) in [5.74, 6) is 0.405. The Morgan fingerprint density at radius 2 is 1.71 bits per heavy atom. The first kappa shape index (κ1) is 10.4. The second-order valence-corrected chi connectivity index (χ2v) is 4.51. The van der Waals surface area contributed by atoms with Gasteiger partial charge in [0.2, 0.25) is 0 Å². The standard InChI is InChI=1S/C15H16N2/c16-10-12-9-11-5-1-3-7-14(11)17-15-8-4-2-6-13(12)15/h1-8,12,17H,9-10,16H2. The molecule has 1 heterocycles. The summed E-state index contributed by atoms with van der Waals surface area (Å²) < 4.78 is 0. The summed E-state index contributed by atoms with van der Waals surface area (Å²) in [6.07, 6.45) is 1.01. The fourth-order valence-corrected chi connectivity index (χ4v) is 2.52. The molecule has 0 spiro atoms. The fraction of sp³-hybridized carbons (Fsp3) is 0.200. The van der Waals surface area contributed by atoms with Gasteiger partial charge < -0.3 is 11.1 Å². The predicted octanol–water partition coefficient (Wildman–Crippen LogP) is 3.03. The number of nitrogens with two attached hydrogens (primary N) is 1. The molecule has 0 saturated heterocycles. The van der Waals surface area contributed by atoms with Gasteiger partial charge in [-0.2, -0.15) is 0 Å². The van der Waals surface area contributed by atoms with Crippen molar-refractivity contribution in [3.8, 4) is 0 Å². The van der Waals surface area contributed by atoms with Crippen LogP contribution in [0.15, 0.2) is 48.5 Å². The lowest BCUT2D eigenvalue weighted by atomic mass is 9.92. The lowest BCUT2D eigenvalue weighted by Crippen LogP contribution is -2.14. The molecule has 0 bridgehead atoms. The fourth-order valence-electron chi connectivity index (χ4n) is 2.52. The smallest absolute Gasteiger partial charge is 0.0420 e. The Bertz CT molecular complexity index is 534. The maximum Gasteiger partial charge on any atom is 0.0420 e. The molecule has 0 saturated carbocycles. The Hall–Kier alpha value is -1.80. The number of rotatable bonds is 1. The Balaban J connectivity index is 2.13. The summed E-state index contributed by atoms with van der Waals surface area (Å²) in [4.78, 5) is 0. The van der Waals surface area contributed by atoms with Gasteiger partial charge in [0.25, 0.3) is 0 Å². The number of anilines is 2. The summed E-state index contributed by atoms with van der Waals surface area (Å²) in [6, 6.07) is 16.9. The quantitative estimate of drug-likeness (QED) is 0.781. The van der Waals surface area contributed by atoms with E-state index in [0.717, 1.165) is 6.42 Å². The van der Waals surface area contributed by atoms with Gasteiger partial charge in [0.1, 0.15) is 0 Å². The van der Waals surface area contributed by atoms with Crippen LogP contribution >= 0.6 is 0 Å². The molecule has 1 atom stereocenters. The van der Waals surface area contributed by atoms with Gasteiger partial charge >= 0.3 is 0 Å². The number of fused-ring (bicyclic) bond motifs is 2. The zero-order valence-electron chi connectivity index (χ0n) is 9.69. The van der Waals surface area contributed by atoms with Gasteiger partial charge in [0.15, 0.2) is 0 Å². The second-order valence-electron chi connectivity index (χ2n) is 4.51. The number of para-hydroxylation sites is 2. The van der Waals surface area contributed by atoms with Crippen LogP contribution in [0.25, 0.3) is 0 Å². The van der Waals surface area contributed by atoms with Crippen molar-refractivity contribution in [2.24, 2.45) is 5.73 Å². The Morgan fingerprint density at radius 1 is 1.00 bits per heavy atom. The van der Waals surface area contributed by atoms with Crippen LogP contribution < -0.4 is 11.1 Å². The molecule has 1 unspecified atom stereocenters. The average Bonchev–Trinajstić information content (AvgIpc) is 2.54. The molecule has 2 aromatic rings. The van der Waals surface area contributed by atoms with Crippen LogP contribution in [0.5, 0.6) is 0 Å². The molecular formula is C15H16N2. The highest BCUT2D eigenvalue weighted by molar-refractivity contribution is 5.69. The molecule has 17 heavy (non-hydrogen) atoms. The SMILES string of the molecule is NCC1Cc2ccccc2Nc2ccccc21. The Kier molecular flexibility index (Phi) is 2.57. The van der Waals surface area contributed by atoms with Crippen LogP contribution in [0.1, 0.15) is 17.0 Å². The molecular weight excluding hydrogens is 208 g/mol. The lowest BCUT2D eigenvalue weighted by molar-refractivity contribution is 0.702. The van der Waals surface area contributed by atoms with Gasteiger partial charge in [-0.15, -0.1) is 0 Å². The third-order valence-electron chi connectivity index (χ3n) is 3.44. The highest BCUT2D eigenvalue weighted by Crippen LogP contribution is 2.35. The molecule has 0 fully saturated rings. The van der Waals surface area contributed by atoms with Crippen molar-refractivity contribution >= 4 is 11.4 Å². The summed E-state index contributed by atoms with van der Waals surface area (Å²) in [7, 11) is 0. The van der Waals surface area contributed by atoms with Crippen LogP contribution in [0.4, 0.5) is 11.4 Å². The maximum atomic E-state index is 5.92. The van der Waals surface area contributed by atoms with Crippen LogP contribution in [0.3, 0.4) is 0 Å². The summed E-state index contributed by atoms with van der Waals surface area (Å²) in [5.41, 5.74) is 11.0. The molecule has 3 rings (SSSR count). The van der Waals surface area contributed by atoms with Crippen molar-refractivity contribution in [3.63, 3.8) is 0 Å². The minimum Gasteiger partial charge on any atom is -0.355 e. The van der Waals surface area contributed by atoms with Gasteiger partial charge in [0.05, 0.1) is 0 Å². The number of hydrogen-bond acceptors (Lipinski definition) is 2. The minimum atomic E-state index is 0.405. The first-order valence-electron chi connectivity index (χ1n) is 6.02. The third kappa shape index (κ3) is 1.81. The van der Waals surface area contributed by atoms with Gasteiger partial charge in [-0.05, 0) is 36.2 Å². The van der Waals surface area contributed by atoms with Crippen molar-refractivity contribution in [2.45, 2.75) is 12.3 Å². The zero-order chi connectivity index (χ0) is 11.7. The average molecular weight is 224 g/mol. The molecule has 2 aromatic carbocycles. The van der Waals surface area contributed by atoms with E-state index in [2.05, 4.69) is 53.8 Å². The zero-order valence-corrected chi connectivity index (χ0v) is 9.69. The Labute approximate surface area is 101 Å². The normalized spacial score (nSPS) is 17.6. The number of hydrogen-bond donors (Lipinski definition) is 2. The van der Waals surface area contributed by atoms with Crippen LogP contribution in [0.2, 0.25) is 0 Å². The van der Waals surface area contributed by atoms with Crippen molar-refractivity contribution in [1.29, 1.82) is 0 Å². The molecule has 0 amide bonds. The summed E-state index contributed by atoms with van der Waals surface area (Å²) >= 11 is 0. The third-order valence-corrected chi connectivity index (χ3v) is 3.44. The summed E-state index contributed by atoms with van der Waals surface area (Å²) in [5, 5.41) is 3.51. The van der Waals surface area contributed by atoms with Gasteiger partial charge in [-0.25, -0.2) is 0 Å². The number of nitrogens with one attached hydrogen (secondary N) is 1. The van der Waals surface area contributed by atoms with E-state index in [9.17, 15) is 0 Å². The van der Waals surface area contributed by atoms with Crippen LogP contribution in [0, 0.1) is 0 Å². The van der Waals surface area contributed by atoms with E-state index < -0.39 is 0 Å². The Morgan fingerprint density at radius 3 is 2.53 bits per heavy atom. The predicted molar refractivity (Wildman–Crippen MR) is 71.7 cm³/mol. The van der Waals surface area contributed by atoms with E-state index in [0.29, 0.717) is 12.5 Å². The molecule has 86 valence electrons. The largest absolute Gasteiger partial charge is 0.355 e. The molecule has 0 radical (unpaired) electrons. The maximum absolute atomic E-state index is 5.92. The van der Waals surface area contributed by atoms with E-state index >= 15 is 0 Å². The molecule has 2 nitrogen and oxygen atoms in total. The van der Waals surface area contributed by atoms with E-state index in [4.69, 9.17) is 5.73 Å². The minimum absolute atomic E-state index is 0.405. The van der Waals surface area contributed by atoms with Crippen LogP contribution in [-0.4, -0.2) is 6.54 Å². The molecule has 1 aliphatic heterocycles. The molecule has 2 heteroatoms. The molecule has 3 N–H and O–H groups in total. The highest BCUT2D eigenvalue weighted by atomic mass is 14.9. The van der Waals surface area contributed by atoms with Gasteiger partial charge in [0, 0.05) is 17.3 Å². The molecule has 0 aliphatic carbocycles. The van der Waals surface area contributed by atoms with Crippen LogP contribution in [-0.2, 0) is 6.42 Å². The van der Waals surface area contributed by atoms with E-state index in [1.807, 2.05) is 0 Å². The van der Waals surface area contributed by atoms with E-state index in [-0.39, 0.29) is 0 Å². The topological polar surface area (TPSA) is 38.0 Å². The number of benzene rings is 2. The van der Waals surface area contributed by atoms with Gasteiger partial charge in [-0.1, -0.05) is 36.4 Å². The van der Waals surface area contributed by atoms with Crippen molar-refractivity contribution in [3.05, 3.63) is 59.7 Å². The monoisotopic (exact) mass is 224 g/mol. The van der Waals surface area contributed by atoms with Gasteiger partial charge in [-0.3, -0.25) is 0 Å². The van der Waals surface area contributed by atoms with Crippen molar-refractivity contribution in [2.75, 3.05) is 11.9 Å². The first-order valence-corrected chi connectivity index (χ1v) is 6.02. The lowest BCUT2D eigenvalue weighted by Gasteiger charge is -2.14. The molecule has 0 aromatic heterocycles. The highest BCUT2D eigenvalue weighted by Gasteiger charge is 2.19. The molecule has 1 aliphatic rings. The first-order chi connectivity index (χ1) is 8.38. The summed E-state index contributed by atoms with van der Waals surface area (Å²) in [6.45, 7) is 0.688. The second kappa shape index (κ2) is 4.22. The van der Waals surface area contributed by atoms with E-state index in [1.165, 1.54) is 22.5 Å². The van der Waals surface area contributed by atoms with Crippen molar-refractivity contribution in [1.82, 2.24) is 0 Å². The van der Waals surface area contributed by atoms with Crippen molar-refractivity contribution < 1.29 is 0 Å².